The van der Waals surface area contributed by atoms with Crippen molar-refractivity contribution in [2.75, 3.05) is 7.11 Å². The highest BCUT2D eigenvalue weighted by molar-refractivity contribution is 6.42. The number of benzene rings is 3. The molecule has 8 heteroatoms. The standard InChI is InChI=1S/C25H23Cl3N2O3/c1-15-4-6-19(16(2)8-15)12-24(31)30-29-13-18-10-22(28)25(23(11-18)32-3)33-14-17-5-7-20(26)21(27)9-17/h4-11,13H,12,14H2,1-3H3,(H,30,31)/b29-13+. The van der Waals surface area contributed by atoms with E-state index in [1.165, 1.54) is 13.3 Å². The summed E-state index contributed by atoms with van der Waals surface area (Å²) in [6.07, 6.45) is 1.74. The Labute approximate surface area is 208 Å². The first-order valence-corrected chi connectivity index (χ1v) is 11.2. The Bertz CT molecular complexity index is 1200. The van der Waals surface area contributed by atoms with E-state index in [2.05, 4.69) is 10.5 Å². The van der Waals surface area contributed by atoms with E-state index in [0.29, 0.717) is 32.1 Å². The SMILES string of the molecule is COc1cc(/C=N/NC(=O)Cc2ccc(C)cc2C)cc(Cl)c1OCc1ccc(Cl)c(Cl)c1. The highest BCUT2D eigenvalue weighted by Crippen LogP contribution is 2.37. The number of nitrogens with zero attached hydrogens (tertiary/aromatic N) is 1. The Balaban J connectivity index is 1.65. The summed E-state index contributed by atoms with van der Waals surface area (Å²) in [4.78, 5) is 12.2. The van der Waals surface area contributed by atoms with E-state index >= 15 is 0 Å². The Morgan fingerprint density at radius 2 is 1.79 bits per heavy atom. The molecule has 0 unspecified atom stereocenters. The van der Waals surface area contributed by atoms with Crippen molar-refractivity contribution in [3.8, 4) is 11.5 Å². The molecule has 3 aromatic carbocycles. The molecule has 0 bridgehead atoms. The van der Waals surface area contributed by atoms with Crippen LogP contribution in [-0.4, -0.2) is 19.2 Å². The van der Waals surface area contributed by atoms with Crippen molar-refractivity contribution in [2.45, 2.75) is 26.9 Å². The fourth-order valence-electron chi connectivity index (χ4n) is 3.17. The third-order valence-corrected chi connectivity index (χ3v) is 5.89. The maximum absolute atomic E-state index is 12.2. The number of ether oxygens (including phenoxy) is 2. The lowest BCUT2D eigenvalue weighted by atomic mass is 10.0. The van der Waals surface area contributed by atoms with E-state index in [4.69, 9.17) is 44.3 Å². The summed E-state index contributed by atoms with van der Waals surface area (Å²) in [6.45, 7) is 4.23. The molecular weight excluding hydrogens is 483 g/mol. The molecule has 0 aliphatic carbocycles. The summed E-state index contributed by atoms with van der Waals surface area (Å²) in [7, 11) is 1.52. The summed E-state index contributed by atoms with van der Waals surface area (Å²) in [6, 6.07) is 14.6. The van der Waals surface area contributed by atoms with Crippen LogP contribution in [0.1, 0.15) is 27.8 Å². The van der Waals surface area contributed by atoms with Gasteiger partial charge in [-0.25, -0.2) is 5.43 Å². The van der Waals surface area contributed by atoms with Gasteiger partial charge in [-0.05, 0) is 60.4 Å². The molecule has 0 heterocycles. The highest BCUT2D eigenvalue weighted by atomic mass is 35.5. The maximum atomic E-state index is 12.2. The lowest BCUT2D eigenvalue weighted by molar-refractivity contribution is -0.120. The normalized spacial score (nSPS) is 11.0. The number of carbonyl (C=O) groups excluding carboxylic acids is 1. The van der Waals surface area contributed by atoms with Crippen molar-refractivity contribution >= 4 is 46.9 Å². The summed E-state index contributed by atoms with van der Waals surface area (Å²) < 4.78 is 11.3. The van der Waals surface area contributed by atoms with Gasteiger partial charge in [-0.15, -0.1) is 0 Å². The lowest BCUT2D eigenvalue weighted by Gasteiger charge is -2.13. The Hall–Kier alpha value is -2.73. The van der Waals surface area contributed by atoms with Crippen LogP contribution < -0.4 is 14.9 Å². The molecule has 0 atom stereocenters. The average Bonchev–Trinajstić information content (AvgIpc) is 2.77. The number of hydrogen-bond acceptors (Lipinski definition) is 4. The van der Waals surface area contributed by atoms with E-state index in [9.17, 15) is 4.79 Å². The molecule has 0 radical (unpaired) electrons. The van der Waals surface area contributed by atoms with Crippen LogP contribution in [0, 0.1) is 13.8 Å². The van der Waals surface area contributed by atoms with E-state index in [1.54, 1.807) is 24.3 Å². The molecule has 0 saturated heterocycles. The largest absolute Gasteiger partial charge is 0.493 e. The van der Waals surface area contributed by atoms with Crippen LogP contribution in [0.4, 0.5) is 0 Å². The molecule has 0 aliphatic rings. The van der Waals surface area contributed by atoms with Crippen molar-refractivity contribution in [2.24, 2.45) is 5.10 Å². The summed E-state index contributed by atoms with van der Waals surface area (Å²) in [5, 5.41) is 5.30. The smallest absolute Gasteiger partial charge is 0.244 e. The molecule has 0 spiro atoms. The van der Waals surface area contributed by atoms with Gasteiger partial charge in [0.15, 0.2) is 11.5 Å². The number of hydrazone groups is 1. The van der Waals surface area contributed by atoms with Crippen LogP contribution in [-0.2, 0) is 17.8 Å². The summed E-state index contributed by atoms with van der Waals surface area (Å²) in [5.41, 5.74) is 7.21. The van der Waals surface area contributed by atoms with Crippen LogP contribution in [0.3, 0.4) is 0 Å². The summed E-state index contributed by atoms with van der Waals surface area (Å²) in [5.74, 6) is 0.615. The minimum Gasteiger partial charge on any atom is -0.493 e. The number of methoxy groups -OCH3 is 1. The quantitative estimate of drug-likeness (QED) is 0.279. The highest BCUT2D eigenvalue weighted by Gasteiger charge is 2.13. The molecule has 0 aliphatic heterocycles. The van der Waals surface area contributed by atoms with Crippen LogP contribution in [0.15, 0.2) is 53.6 Å². The van der Waals surface area contributed by atoms with Crippen molar-refractivity contribution in [1.29, 1.82) is 0 Å². The van der Waals surface area contributed by atoms with Crippen molar-refractivity contribution < 1.29 is 14.3 Å². The zero-order chi connectivity index (χ0) is 24.0. The fraction of sp³-hybridized carbons (Fsp3) is 0.200. The van der Waals surface area contributed by atoms with Gasteiger partial charge < -0.3 is 9.47 Å². The van der Waals surface area contributed by atoms with Crippen molar-refractivity contribution in [3.05, 3.63) is 91.4 Å². The molecule has 1 N–H and O–H groups in total. The van der Waals surface area contributed by atoms with Gasteiger partial charge in [0.05, 0.1) is 34.8 Å². The van der Waals surface area contributed by atoms with Crippen molar-refractivity contribution in [1.82, 2.24) is 5.43 Å². The first kappa shape index (κ1) is 24.9. The lowest BCUT2D eigenvalue weighted by Crippen LogP contribution is -2.20. The third kappa shape index (κ3) is 6.87. The first-order chi connectivity index (χ1) is 15.8. The molecule has 3 aromatic rings. The van der Waals surface area contributed by atoms with Gasteiger partial charge >= 0.3 is 0 Å². The van der Waals surface area contributed by atoms with Gasteiger partial charge in [-0.3, -0.25) is 4.79 Å². The minimum atomic E-state index is -0.210. The average molecular weight is 506 g/mol. The molecule has 0 saturated carbocycles. The zero-order valence-electron chi connectivity index (χ0n) is 18.4. The van der Waals surface area contributed by atoms with Crippen LogP contribution in [0.2, 0.25) is 15.1 Å². The molecule has 0 fully saturated rings. The predicted octanol–water partition coefficient (Wildman–Crippen LogP) is 6.54. The van der Waals surface area contributed by atoms with Gasteiger partial charge in [0, 0.05) is 0 Å². The monoisotopic (exact) mass is 504 g/mol. The number of rotatable bonds is 8. The number of carbonyl (C=O) groups is 1. The topological polar surface area (TPSA) is 59.9 Å². The molecule has 33 heavy (non-hydrogen) atoms. The van der Waals surface area contributed by atoms with Crippen LogP contribution in [0.5, 0.6) is 11.5 Å². The zero-order valence-corrected chi connectivity index (χ0v) is 20.7. The van der Waals surface area contributed by atoms with Gasteiger partial charge in [0.1, 0.15) is 6.61 Å². The molecule has 5 nitrogen and oxygen atoms in total. The fourth-order valence-corrected chi connectivity index (χ4v) is 3.77. The minimum absolute atomic E-state index is 0.210. The van der Waals surface area contributed by atoms with Gasteiger partial charge in [0.2, 0.25) is 5.91 Å². The molecule has 3 rings (SSSR count). The number of nitrogens with one attached hydrogen (secondary N) is 1. The molecule has 0 aromatic heterocycles. The Morgan fingerprint density at radius 1 is 1.00 bits per heavy atom. The maximum Gasteiger partial charge on any atom is 0.244 e. The van der Waals surface area contributed by atoms with Crippen LogP contribution in [0.25, 0.3) is 0 Å². The van der Waals surface area contributed by atoms with Crippen LogP contribution >= 0.6 is 34.8 Å². The van der Waals surface area contributed by atoms with Gasteiger partial charge in [-0.2, -0.15) is 5.10 Å². The second-order valence-electron chi connectivity index (χ2n) is 7.47. The first-order valence-electron chi connectivity index (χ1n) is 10.1. The van der Waals surface area contributed by atoms with E-state index < -0.39 is 0 Å². The number of amides is 1. The number of aryl methyl sites for hydroxylation is 2. The van der Waals surface area contributed by atoms with Crippen molar-refractivity contribution in [3.63, 3.8) is 0 Å². The second kappa shape index (κ2) is 11.4. The molecule has 172 valence electrons. The summed E-state index contributed by atoms with van der Waals surface area (Å²) >= 11 is 18.4. The number of halogens is 3. The second-order valence-corrected chi connectivity index (χ2v) is 8.69. The predicted molar refractivity (Wildman–Crippen MR) is 134 cm³/mol. The Morgan fingerprint density at radius 3 is 2.48 bits per heavy atom. The Kier molecular flexibility index (Phi) is 8.61. The van der Waals surface area contributed by atoms with Gasteiger partial charge in [0.25, 0.3) is 0 Å². The third-order valence-electron chi connectivity index (χ3n) is 4.87. The van der Waals surface area contributed by atoms with E-state index in [-0.39, 0.29) is 18.9 Å². The molecular formula is C25H23Cl3N2O3. The van der Waals surface area contributed by atoms with E-state index in [0.717, 1.165) is 22.3 Å². The number of hydrogen-bond donors (Lipinski definition) is 1. The van der Waals surface area contributed by atoms with Gasteiger partial charge in [-0.1, -0.05) is 64.6 Å². The molecule has 1 amide bonds. The van der Waals surface area contributed by atoms with E-state index in [1.807, 2.05) is 38.1 Å².